The SMILES string of the molecule is CC(C)(C)CC(C)(C)C1=CC(C)(C(C)(C)CC(C)(C)C)C=C(Cc2cc(C(C)(C)CC(C)(C)C)cc(-n3nc4ccccc4n3)c2O)C1O. The molecule has 2 aromatic carbocycles. The van der Waals surface area contributed by atoms with Gasteiger partial charge >= 0.3 is 0 Å². The fourth-order valence-electron chi connectivity index (χ4n) is 9.13. The summed E-state index contributed by atoms with van der Waals surface area (Å²) in [6, 6.07) is 12.0. The molecule has 270 valence electrons. The summed E-state index contributed by atoms with van der Waals surface area (Å²) in [6.07, 6.45) is 7.30. The molecule has 0 aliphatic heterocycles. The lowest BCUT2D eigenvalue weighted by molar-refractivity contribution is 0.103. The van der Waals surface area contributed by atoms with Gasteiger partial charge in [0.1, 0.15) is 22.5 Å². The number of nitrogens with zero attached hydrogens (tertiary/aromatic N) is 3. The Morgan fingerprint density at radius 3 is 1.67 bits per heavy atom. The fraction of sp³-hybridized carbons (Fsp3) is 0.636. The van der Waals surface area contributed by atoms with Crippen molar-refractivity contribution >= 4 is 11.0 Å². The van der Waals surface area contributed by atoms with Crippen LogP contribution in [-0.4, -0.2) is 31.3 Å². The summed E-state index contributed by atoms with van der Waals surface area (Å²) in [5, 5.41) is 34.0. The molecule has 1 aliphatic rings. The van der Waals surface area contributed by atoms with E-state index in [1.165, 1.54) is 0 Å². The van der Waals surface area contributed by atoms with Crippen LogP contribution >= 0.6 is 0 Å². The first-order valence-corrected chi connectivity index (χ1v) is 18.3. The van der Waals surface area contributed by atoms with Crippen molar-refractivity contribution in [3.8, 4) is 11.4 Å². The molecule has 0 bridgehead atoms. The van der Waals surface area contributed by atoms with Crippen LogP contribution < -0.4 is 0 Å². The fourth-order valence-corrected chi connectivity index (χ4v) is 9.13. The Morgan fingerprint density at radius 1 is 0.694 bits per heavy atom. The number of aromatic hydroxyl groups is 1. The zero-order valence-electron chi connectivity index (χ0n) is 33.8. The molecule has 4 rings (SSSR count). The largest absolute Gasteiger partial charge is 0.505 e. The van der Waals surface area contributed by atoms with Gasteiger partial charge in [-0.15, -0.1) is 15.0 Å². The Bertz CT molecular complexity index is 1700. The van der Waals surface area contributed by atoms with Gasteiger partial charge in [-0.25, -0.2) is 0 Å². The molecular formula is C44H67N3O2. The summed E-state index contributed by atoms with van der Waals surface area (Å²) in [5.41, 5.74) is 5.52. The average Bonchev–Trinajstić information content (AvgIpc) is 3.31. The van der Waals surface area contributed by atoms with Crippen molar-refractivity contribution in [1.82, 2.24) is 15.0 Å². The van der Waals surface area contributed by atoms with Gasteiger partial charge in [0.2, 0.25) is 0 Å². The molecule has 2 atom stereocenters. The topological polar surface area (TPSA) is 71.2 Å². The Hall–Kier alpha value is -2.92. The monoisotopic (exact) mass is 670 g/mol. The second-order valence-electron chi connectivity index (χ2n) is 21.0. The third-order valence-electron chi connectivity index (χ3n) is 10.6. The molecule has 0 radical (unpaired) electrons. The van der Waals surface area contributed by atoms with Crippen LogP contribution in [0.4, 0.5) is 0 Å². The molecule has 3 aromatic rings. The number of phenols is 1. The molecule has 0 amide bonds. The third kappa shape index (κ3) is 8.88. The zero-order chi connectivity index (χ0) is 37.2. The maximum Gasteiger partial charge on any atom is 0.146 e. The first kappa shape index (κ1) is 38.9. The second kappa shape index (κ2) is 12.7. The van der Waals surface area contributed by atoms with Gasteiger partial charge in [-0.3, -0.25) is 0 Å². The molecule has 0 fully saturated rings. The Labute approximate surface area is 298 Å². The maximum atomic E-state index is 12.4. The van der Waals surface area contributed by atoms with Crippen LogP contribution in [0.15, 0.2) is 59.7 Å². The third-order valence-corrected chi connectivity index (χ3v) is 10.6. The predicted molar refractivity (Wildman–Crippen MR) is 207 cm³/mol. The number of aromatic nitrogens is 3. The van der Waals surface area contributed by atoms with E-state index in [0.29, 0.717) is 12.1 Å². The van der Waals surface area contributed by atoms with E-state index < -0.39 is 6.10 Å². The van der Waals surface area contributed by atoms with E-state index in [0.717, 1.165) is 52.6 Å². The van der Waals surface area contributed by atoms with Crippen LogP contribution in [0, 0.1) is 32.5 Å². The van der Waals surface area contributed by atoms with Crippen molar-refractivity contribution < 1.29 is 10.2 Å². The number of allylic oxidation sites excluding steroid dienone is 2. The first-order chi connectivity index (χ1) is 22.0. The van der Waals surface area contributed by atoms with E-state index in [4.69, 9.17) is 10.2 Å². The highest BCUT2D eigenvalue weighted by Crippen LogP contribution is 2.55. The van der Waals surface area contributed by atoms with Gasteiger partial charge in [-0.2, -0.15) is 0 Å². The minimum Gasteiger partial charge on any atom is -0.505 e. The second-order valence-corrected chi connectivity index (χ2v) is 21.0. The van der Waals surface area contributed by atoms with Crippen LogP contribution in [0.5, 0.6) is 5.75 Å². The van der Waals surface area contributed by atoms with Gasteiger partial charge in [-0.05, 0) is 93.1 Å². The highest BCUT2D eigenvalue weighted by Gasteiger charge is 2.46. The summed E-state index contributed by atoms with van der Waals surface area (Å²) in [4.78, 5) is 1.58. The summed E-state index contributed by atoms with van der Waals surface area (Å²) >= 11 is 0. The molecule has 1 heterocycles. The summed E-state index contributed by atoms with van der Waals surface area (Å²) in [7, 11) is 0. The van der Waals surface area contributed by atoms with Crippen molar-refractivity contribution in [3.05, 3.63) is 70.8 Å². The van der Waals surface area contributed by atoms with Crippen molar-refractivity contribution in [2.24, 2.45) is 32.5 Å². The number of fused-ring (bicyclic) bond motifs is 1. The molecule has 0 spiro atoms. The number of hydrogen-bond donors (Lipinski definition) is 2. The molecule has 2 N–H and O–H groups in total. The Kier molecular flexibility index (Phi) is 10.1. The molecule has 2 unspecified atom stereocenters. The van der Waals surface area contributed by atoms with Gasteiger partial charge < -0.3 is 10.2 Å². The summed E-state index contributed by atoms with van der Waals surface area (Å²) in [5.74, 6) is 0.157. The maximum absolute atomic E-state index is 12.4. The predicted octanol–water partition coefficient (Wildman–Crippen LogP) is 11.5. The lowest BCUT2D eigenvalue weighted by Crippen LogP contribution is -2.42. The van der Waals surface area contributed by atoms with Gasteiger partial charge in [-0.1, -0.05) is 141 Å². The Balaban J connectivity index is 1.94. The van der Waals surface area contributed by atoms with E-state index in [1.807, 2.05) is 24.3 Å². The molecule has 5 nitrogen and oxygen atoms in total. The standard InChI is InChI=1S/C44H67N3O2/c1-38(2,3)26-41(10,11)31-22-29(37(49)35(23-31)47-45-33-19-17-18-20-34(33)46-47)21-30-24-44(16,43(14,15)28-40(7,8)9)25-32(36(30)48)42(12,13)27-39(4,5)6/h17-20,22-25,36,48-49H,21,26-28H2,1-16H3. The van der Waals surface area contributed by atoms with Crippen LogP contribution in [0.3, 0.4) is 0 Å². The highest BCUT2D eigenvalue weighted by atomic mass is 16.3. The van der Waals surface area contributed by atoms with Crippen molar-refractivity contribution in [3.63, 3.8) is 0 Å². The molecule has 49 heavy (non-hydrogen) atoms. The van der Waals surface area contributed by atoms with Gasteiger partial charge in [0.05, 0.1) is 6.10 Å². The lowest BCUT2D eigenvalue weighted by atomic mass is 9.56. The highest BCUT2D eigenvalue weighted by molar-refractivity contribution is 5.74. The number of aliphatic hydroxyl groups is 1. The van der Waals surface area contributed by atoms with Crippen molar-refractivity contribution in [1.29, 1.82) is 0 Å². The molecule has 0 saturated heterocycles. The lowest BCUT2D eigenvalue weighted by Gasteiger charge is -2.49. The van der Waals surface area contributed by atoms with Crippen LogP contribution in [0.25, 0.3) is 16.7 Å². The zero-order valence-corrected chi connectivity index (χ0v) is 33.8. The average molecular weight is 670 g/mol. The van der Waals surface area contributed by atoms with Crippen LogP contribution in [0.2, 0.25) is 0 Å². The minimum absolute atomic E-state index is 0.0865. The van der Waals surface area contributed by atoms with Crippen molar-refractivity contribution in [2.75, 3.05) is 0 Å². The van der Waals surface area contributed by atoms with Gasteiger partial charge in [0, 0.05) is 11.0 Å². The molecular weight excluding hydrogens is 603 g/mol. The number of hydrogen-bond acceptors (Lipinski definition) is 4. The van der Waals surface area contributed by atoms with E-state index in [-0.39, 0.29) is 43.7 Å². The van der Waals surface area contributed by atoms with E-state index in [1.54, 1.807) is 4.80 Å². The first-order valence-electron chi connectivity index (χ1n) is 18.3. The summed E-state index contributed by atoms with van der Waals surface area (Å²) in [6.45, 7) is 36.8. The van der Waals surface area contributed by atoms with Gasteiger partial charge in [0.15, 0.2) is 0 Å². The van der Waals surface area contributed by atoms with Crippen LogP contribution in [0.1, 0.15) is 141 Å². The van der Waals surface area contributed by atoms with Gasteiger partial charge in [0.25, 0.3) is 0 Å². The Morgan fingerprint density at radius 2 is 1.18 bits per heavy atom. The number of benzene rings is 2. The molecule has 5 heteroatoms. The number of rotatable bonds is 9. The normalized spacial score (nSPS) is 20.1. The number of aliphatic hydroxyl groups excluding tert-OH is 1. The quantitative estimate of drug-likeness (QED) is 0.222. The minimum atomic E-state index is -0.754. The summed E-state index contributed by atoms with van der Waals surface area (Å²) < 4.78 is 0. The van der Waals surface area contributed by atoms with E-state index >= 15 is 0 Å². The van der Waals surface area contributed by atoms with Crippen LogP contribution in [-0.2, 0) is 11.8 Å². The van der Waals surface area contributed by atoms with Crippen molar-refractivity contribution in [2.45, 2.75) is 148 Å². The molecule has 1 aliphatic carbocycles. The number of phenolic OH excluding ortho intramolecular Hbond substituents is 1. The van der Waals surface area contributed by atoms with E-state index in [9.17, 15) is 10.2 Å². The molecule has 0 saturated carbocycles. The smallest absolute Gasteiger partial charge is 0.146 e. The molecule has 1 aromatic heterocycles. The van der Waals surface area contributed by atoms with E-state index in [2.05, 4.69) is 135 Å².